The van der Waals surface area contributed by atoms with E-state index >= 15 is 0 Å². The third-order valence-electron chi connectivity index (χ3n) is 11.4. The predicted molar refractivity (Wildman–Crippen MR) is 173 cm³/mol. The quantitative estimate of drug-likeness (QED) is 0.0972. The number of hydrogen-bond donors (Lipinski definition) is 6. The SMILES string of the molecule is CCCC1O[C@@H]2C[C@H]3[C@@H]4CCC5=CC(=O)C=C[C@]5(C)[C@H]4[C@@H](O)C[C@]3(C)[C@]2(C(=O)COCNC(=O)CNC(=O)CNC(=O)CNC(=O)CN)O1. The second-order valence-corrected chi connectivity index (χ2v) is 14.2. The van der Waals surface area contributed by atoms with Gasteiger partial charge in [0.05, 0.1) is 38.4 Å². The summed E-state index contributed by atoms with van der Waals surface area (Å²) in [6.07, 6.45) is 7.32. The Hall–Kier alpha value is -3.50. The van der Waals surface area contributed by atoms with Crippen LogP contribution in [0, 0.1) is 28.6 Å². The van der Waals surface area contributed by atoms with Crippen LogP contribution in [0.3, 0.4) is 0 Å². The second-order valence-electron chi connectivity index (χ2n) is 14.2. The molecule has 7 N–H and O–H groups in total. The molecular formula is C34H49N5O10. The van der Waals surface area contributed by atoms with Crippen molar-refractivity contribution in [3.05, 3.63) is 23.8 Å². The number of ketones is 2. The molecular weight excluding hydrogens is 638 g/mol. The van der Waals surface area contributed by atoms with Crippen molar-refractivity contribution in [2.24, 2.45) is 34.3 Å². The van der Waals surface area contributed by atoms with E-state index in [1.54, 1.807) is 12.2 Å². The molecule has 0 aromatic rings. The number of fused-ring (bicyclic) bond motifs is 7. The van der Waals surface area contributed by atoms with Crippen LogP contribution in [0.25, 0.3) is 0 Å². The number of hydrogen-bond acceptors (Lipinski definition) is 11. The van der Waals surface area contributed by atoms with Gasteiger partial charge >= 0.3 is 0 Å². The zero-order valence-electron chi connectivity index (χ0n) is 28.4. The van der Waals surface area contributed by atoms with Crippen molar-refractivity contribution in [3.8, 4) is 0 Å². The summed E-state index contributed by atoms with van der Waals surface area (Å²) in [5.41, 5.74) is 3.67. The van der Waals surface area contributed by atoms with Gasteiger partial charge in [-0.2, -0.15) is 0 Å². The largest absolute Gasteiger partial charge is 0.393 e. The highest BCUT2D eigenvalue weighted by Gasteiger charge is 2.75. The number of carbonyl (C=O) groups excluding carboxylic acids is 6. The van der Waals surface area contributed by atoms with Gasteiger partial charge in [-0.15, -0.1) is 0 Å². The lowest BCUT2D eigenvalue weighted by molar-refractivity contribution is -0.201. The summed E-state index contributed by atoms with van der Waals surface area (Å²) in [4.78, 5) is 73.5. The molecule has 1 saturated heterocycles. The van der Waals surface area contributed by atoms with Gasteiger partial charge < -0.3 is 46.3 Å². The summed E-state index contributed by atoms with van der Waals surface area (Å²) in [5.74, 6) is -2.64. The van der Waals surface area contributed by atoms with Gasteiger partial charge in [-0.3, -0.25) is 28.8 Å². The Morgan fingerprint density at radius 1 is 1.02 bits per heavy atom. The van der Waals surface area contributed by atoms with Crippen LogP contribution in [0.1, 0.15) is 59.3 Å². The van der Waals surface area contributed by atoms with Crippen molar-refractivity contribution < 1.29 is 48.1 Å². The lowest BCUT2D eigenvalue weighted by Gasteiger charge is -2.59. The molecule has 4 fully saturated rings. The van der Waals surface area contributed by atoms with Crippen molar-refractivity contribution in [3.63, 3.8) is 0 Å². The number of amides is 4. The number of Topliss-reactive ketones (excluding diaryl/α,β-unsaturated/α-hetero) is 1. The summed E-state index contributed by atoms with van der Waals surface area (Å²) in [6, 6.07) is 0. The van der Waals surface area contributed by atoms with Gasteiger partial charge in [-0.05, 0) is 56.1 Å². The monoisotopic (exact) mass is 687 g/mol. The first-order valence-corrected chi connectivity index (χ1v) is 17.1. The van der Waals surface area contributed by atoms with Gasteiger partial charge in [0.25, 0.3) is 0 Å². The van der Waals surface area contributed by atoms with Crippen LogP contribution < -0.4 is 27.0 Å². The normalized spacial score (nSPS) is 35.6. The molecule has 1 unspecified atom stereocenters. The maximum atomic E-state index is 14.2. The molecule has 5 rings (SSSR count). The van der Waals surface area contributed by atoms with E-state index in [4.69, 9.17) is 19.9 Å². The molecule has 5 aliphatic rings. The Bertz CT molecular complexity index is 1420. The highest BCUT2D eigenvalue weighted by Crippen LogP contribution is 2.69. The van der Waals surface area contributed by atoms with E-state index in [1.807, 2.05) is 19.9 Å². The topological polar surface area (TPSA) is 224 Å². The minimum absolute atomic E-state index is 0.0274. The van der Waals surface area contributed by atoms with E-state index in [-0.39, 0.29) is 55.7 Å². The smallest absolute Gasteiger partial charge is 0.241 e. The van der Waals surface area contributed by atoms with Crippen LogP contribution in [0.4, 0.5) is 0 Å². The summed E-state index contributed by atoms with van der Waals surface area (Å²) in [5, 5.41) is 21.3. The van der Waals surface area contributed by atoms with E-state index in [9.17, 15) is 33.9 Å². The molecule has 0 aromatic carbocycles. The molecule has 9 atom stereocenters. The average molecular weight is 688 g/mol. The number of ether oxygens (including phenoxy) is 3. The number of rotatable bonds is 14. The highest BCUT2D eigenvalue weighted by atomic mass is 16.7. The van der Waals surface area contributed by atoms with Crippen LogP contribution in [0.15, 0.2) is 23.8 Å². The molecule has 1 heterocycles. The van der Waals surface area contributed by atoms with Crippen molar-refractivity contribution in [1.82, 2.24) is 21.3 Å². The first-order valence-electron chi connectivity index (χ1n) is 17.1. The number of nitrogens with two attached hydrogens (primary N) is 1. The Labute approximate surface area is 285 Å². The van der Waals surface area contributed by atoms with E-state index < -0.39 is 71.6 Å². The highest BCUT2D eigenvalue weighted by molar-refractivity contribution is 6.01. The number of allylic oxidation sites excluding steroid dienone is 4. The average Bonchev–Trinajstić information content (AvgIpc) is 3.55. The van der Waals surface area contributed by atoms with Gasteiger partial charge in [0.1, 0.15) is 13.3 Å². The first-order chi connectivity index (χ1) is 23.3. The molecule has 4 amide bonds. The van der Waals surface area contributed by atoms with Gasteiger partial charge in [-0.25, -0.2) is 0 Å². The van der Waals surface area contributed by atoms with Crippen molar-refractivity contribution in [1.29, 1.82) is 0 Å². The summed E-state index contributed by atoms with van der Waals surface area (Å²) < 4.78 is 18.7. The third kappa shape index (κ3) is 6.96. The van der Waals surface area contributed by atoms with Crippen molar-refractivity contribution in [2.75, 3.05) is 39.5 Å². The summed E-state index contributed by atoms with van der Waals surface area (Å²) in [6.45, 7) is 4.09. The van der Waals surface area contributed by atoms with Crippen LogP contribution in [-0.2, 0) is 43.0 Å². The standard InChI is InChI=1S/C34H49N5O10/c1-4-5-30-48-25-11-22-21-7-6-19-10-20(40)8-9-32(19,2)31(21)23(41)12-33(22,3)34(25,49-30)24(42)17-47-18-39-29(46)16-38-28(45)15-37-27(44)14-36-26(43)13-35/h8-10,21-23,25,30-31,41H,4-7,11-18,35H2,1-3H3,(H,36,43)(H,37,44)(H,38,45)(H,39,46)/t21-,22-,23-,25+,30?,31+,32-,33-,34+/m0/s1. The van der Waals surface area contributed by atoms with Crippen LogP contribution in [-0.4, -0.2) is 104 Å². The molecule has 15 nitrogen and oxygen atoms in total. The second kappa shape index (κ2) is 14.8. The van der Waals surface area contributed by atoms with Gasteiger partial charge in [0, 0.05) is 16.7 Å². The molecule has 0 spiro atoms. The fourth-order valence-corrected chi connectivity index (χ4v) is 9.18. The van der Waals surface area contributed by atoms with Crippen LogP contribution in [0.5, 0.6) is 0 Å². The third-order valence-corrected chi connectivity index (χ3v) is 11.4. The zero-order chi connectivity index (χ0) is 35.6. The predicted octanol–water partition coefficient (Wildman–Crippen LogP) is -0.878. The molecule has 0 aromatic heterocycles. The molecule has 1 aliphatic heterocycles. The minimum atomic E-state index is -1.34. The number of aliphatic hydroxyl groups is 1. The van der Waals surface area contributed by atoms with Gasteiger partial charge in [0.15, 0.2) is 23.5 Å². The first kappa shape index (κ1) is 36.8. The van der Waals surface area contributed by atoms with E-state index in [0.29, 0.717) is 19.3 Å². The maximum absolute atomic E-state index is 14.2. The van der Waals surface area contributed by atoms with Gasteiger partial charge in [-0.1, -0.05) is 38.8 Å². The fourth-order valence-electron chi connectivity index (χ4n) is 9.18. The Balaban J connectivity index is 1.17. The van der Waals surface area contributed by atoms with Gasteiger partial charge in [0.2, 0.25) is 23.6 Å². The fraction of sp³-hybridized carbons (Fsp3) is 0.706. The number of carbonyl (C=O) groups is 6. The van der Waals surface area contributed by atoms with Crippen molar-refractivity contribution in [2.45, 2.75) is 83.4 Å². The number of nitrogens with one attached hydrogen (secondary N) is 4. The van der Waals surface area contributed by atoms with E-state index in [2.05, 4.69) is 28.2 Å². The zero-order valence-corrected chi connectivity index (χ0v) is 28.4. The number of aliphatic hydroxyl groups excluding tert-OH is 1. The van der Waals surface area contributed by atoms with E-state index in [0.717, 1.165) is 24.8 Å². The Morgan fingerprint density at radius 2 is 1.67 bits per heavy atom. The molecule has 15 heteroatoms. The summed E-state index contributed by atoms with van der Waals surface area (Å²) >= 11 is 0. The lowest BCUT2D eigenvalue weighted by Crippen LogP contribution is -2.63. The van der Waals surface area contributed by atoms with Crippen molar-refractivity contribution >= 4 is 35.2 Å². The molecule has 4 aliphatic carbocycles. The maximum Gasteiger partial charge on any atom is 0.241 e. The molecule has 0 bridgehead atoms. The Kier molecular flexibility index (Phi) is 11.1. The molecule has 49 heavy (non-hydrogen) atoms. The Morgan fingerprint density at radius 3 is 2.33 bits per heavy atom. The van der Waals surface area contributed by atoms with E-state index in [1.165, 1.54) is 0 Å². The van der Waals surface area contributed by atoms with Crippen LogP contribution >= 0.6 is 0 Å². The lowest BCUT2D eigenvalue weighted by atomic mass is 9.46. The molecule has 0 radical (unpaired) electrons. The summed E-state index contributed by atoms with van der Waals surface area (Å²) in [7, 11) is 0. The minimum Gasteiger partial charge on any atom is -0.393 e. The van der Waals surface area contributed by atoms with Crippen LogP contribution in [0.2, 0.25) is 0 Å². The molecule has 3 saturated carbocycles. The molecule has 270 valence electrons.